The molecule has 38 heavy (non-hydrogen) atoms. The van der Waals surface area contributed by atoms with Gasteiger partial charge in [0.2, 0.25) is 0 Å². The lowest BCUT2D eigenvalue weighted by Gasteiger charge is -2.58. The number of rotatable bonds is 10. The van der Waals surface area contributed by atoms with Crippen LogP contribution in [0.5, 0.6) is 0 Å². The Morgan fingerprint density at radius 1 is 0.947 bits per heavy atom. The molecule has 0 N–H and O–H groups in total. The Kier molecular flexibility index (Phi) is 9.40. The quantitative estimate of drug-likeness (QED) is 0.207. The Hall–Kier alpha value is -1.32. The highest BCUT2D eigenvalue weighted by Gasteiger charge is 2.59. The first-order valence-corrected chi connectivity index (χ1v) is 16.0. The van der Waals surface area contributed by atoms with Crippen LogP contribution in [-0.4, -0.2) is 24.1 Å². The van der Waals surface area contributed by atoms with E-state index in [0.29, 0.717) is 5.41 Å². The predicted molar refractivity (Wildman–Crippen MR) is 160 cm³/mol. The van der Waals surface area contributed by atoms with Crippen molar-refractivity contribution in [3.8, 4) is 0 Å². The molecule has 0 radical (unpaired) electrons. The molecule has 0 bridgehead atoms. The van der Waals surface area contributed by atoms with Gasteiger partial charge in [-0.3, -0.25) is 9.59 Å². The fourth-order valence-electron chi connectivity index (χ4n) is 9.52. The second-order valence-corrected chi connectivity index (χ2v) is 14.7. The van der Waals surface area contributed by atoms with Gasteiger partial charge in [0.15, 0.2) is 0 Å². The first kappa shape index (κ1) is 29.7. The first-order valence-electron chi connectivity index (χ1n) is 16.0. The Morgan fingerprint density at radius 2 is 1.68 bits per heavy atom. The van der Waals surface area contributed by atoms with Crippen LogP contribution < -0.4 is 0 Å². The van der Waals surface area contributed by atoms with Crippen LogP contribution in [0.25, 0.3) is 0 Å². The molecule has 0 saturated heterocycles. The summed E-state index contributed by atoms with van der Waals surface area (Å²) in [6.45, 7) is 16.1. The molecule has 222 valence electrons. The number of carbonyl (C=O) groups excluding carboxylic acids is 2. The molecule has 8 atom stereocenters. The smallest absolute Gasteiger partial charge is 0.306 e. The van der Waals surface area contributed by atoms with Gasteiger partial charge >= 0.3 is 11.9 Å². The van der Waals surface area contributed by atoms with E-state index in [4.69, 9.17) is 9.47 Å². The number of allylic oxidation sites excluding steroid dienone is 1. The minimum atomic E-state index is -0.322. The number of esters is 2. The highest BCUT2D eigenvalue weighted by Crippen LogP contribution is 2.67. The summed E-state index contributed by atoms with van der Waals surface area (Å²) in [5, 5.41) is 0. The third kappa shape index (κ3) is 6.20. The van der Waals surface area contributed by atoms with Crippen LogP contribution in [0.3, 0.4) is 0 Å². The summed E-state index contributed by atoms with van der Waals surface area (Å²) >= 11 is 0. The molecule has 4 heteroatoms. The lowest BCUT2D eigenvalue weighted by atomic mass is 9.47. The number of hydrogen-bond acceptors (Lipinski definition) is 4. The molecule has 0 aromatic carbocycles. The second-order valence-electron chi connectivity index (χ2n) is 14.7. The van der Waals surface area contributed by atoms with Crippen LogP contribution in [0.4, 0.5) is 0 Å². The summed E-state index contributed by atoms with van der Waals surface area (Å²) in [4.78, 5) is 24.3. The Labute approximate surface area is 237 Å². The van der Waals surface area contributed by atoms with Crippen molar-refractivity contribution in [2.24, 2.45) is 46.3 Å². The standard InChI is InChI=1S/C34H56O4.3H2/c1-22(2)9-8-10-24(5)28-13-14-29-27-12-11-25-21-26(38-32(36)16-15-31(35)37-23(3)4)17-19-33(25,6)30(27)18-20-34(28,29)7;;;/h11,22-24,26-30H,8-10,12-21H2,1-7H3;3*1H/t24?,26-,27?,28?,29?,30?,33-,34+;;;/m0.../s1. The van der Waals surface area contributed by atoms with E-state index in [1.54, 1.807) is 5.57 Å². The van der Waals surface area contributed by atoms with Crippen LogP contribution in [0, 0.1) is 46.3 Å². The van der Waals surface area contributed by atoms with Gasteiger partial charge in [-0.25, -0.2) is 0 Å². The SMILES string of the molecule is CC(C)CCCC(C)C1CCC2C3CC=C4C[C@@H](OC(=O)CCC(=O)OC(C)C)CC[C@]4(C)C3CC[C@]12C.[HH].[HH].[HH]. The molecule has 3 fully saturated rings. The van der Waals surface area contributed by atoms with Crippen LogP contribution in [0.15, 0.2) is 11.6 Å². The van der Waals surface area contributed by atoms with Gasteiger partial charge in [0.05, 0.1) is 18.9 Å². The molecule has 5 unspecified atom stereocenters. The Balaban J connectivity index is 0.00000280. The molecule has 0 aromatic rings. The number of fused-ring (bicyclic) bond motifs is 5. The summed E-state index contributed by atoms with van der Waals surface area (Å²) in [5.74, 6) is 4.45. The highest BCUT2D eigenvalue weighted by molar-refractivity contribution is 5.77. The zero-order valence-electron chi connectivity index (χ0n) is 25.5. The van der Waals surface area contributed by atoms with Crippen molar-refractivity contribution >= 4 is 11.9 Å². The molecule has 0 spiro atoms. The van der Waals surface area contributed by atoms with E-state index in [1.165, 1.54) is 51.4 Å². The second kappa shape index (κ2) is 12.0. The van der Waals surface area contributed by atoms with Crippen LogP contribution >= 0.6 is 0 Å². The maximum absolute atomic E-state index is 12.5. The van der Waals surface area contributed by atoms with Gasteiger partial charge in [-0.1, -0.05) is 65.5 Å². The summed E-state index contributed by atoms with van der Waals surface area (Å²) < 4.78 is 11.0. The van der Waals surface area contributed by atoms with Crippen LogP contribution in [-0.2, 0) is 19.1 Å². The maximum atomic E-state index is 12.5. The fourth-order valence-corrected chi connectivity index (χ4v) is 9.52. The number of ether oxygens (including phenoxy) is 2. The van der Waals surface area contributed by atoms with Crippen LogP contribution in [0.2, 0.25) is 0 Å². The van der Waals surface area contributed by atoms with E-state index in [0.717, 1.165) is 54.8 Å². The minimum absolute atomic E-state index is 0. The molecule has 4 rings (SSSR count). The average Bonchev–Trinajstić information content (AvgIpc) is 3.19. The first-order chi connectivity index (χ1) is 17.9. The van der Waals surface area contributed by atoms with Crippen molar-refractivity contribution in [2.45, 2.75) is 144 Å². The summed E-state index contributed by atoms with van der Waals surface area (Å²) in [5.41, 5.74) is 2.32. The van der Waals surface area contributed by atoms with Gasteiger partial charge in [0.25, 0.3) is 0 Å². The third-order valence-corrected chi connectivity index (χ3v) is 11.5. The topological polar surface area (TPSA) is 52.6 Å². The van der Waals surface area contributed by atoms with Crippen molar-refractivity contribution in [3.63, 3.8) is 0 Å². The Morgan fingerprint density at radius 3 is 2.39 bits per heavy atom. The van der Waals surface area contributed by atoms with Crippen molar-refractivity contribution in [3.05, 3.63) is 11.6 Å². The van der Waals surface area contributed by atoms with Gasteiger partial charge < -0.3 is 9.47 Å². The molecular formula is C34H62O4. The molecule has 4 nitrogen and oxygen atoms in total. The maximum Gasteiger partial charge on any atom is 0.306 e. The van der Waals surface area contributed by atoms with E-state index in [2.05, 4.69) is 40.7 Å². The number of carbonyl (C=O) groups is 2. The van der Waals surface area contributed by atoms with Gasteiger partial charge in [-0.05, 0) is 105 Å². The fraction of sp³-hybridized carbons (Fsp3) is 0.882. The van der Waals surface area contributed by atoms with Crippen LogP contribution in [0.1, 0.15) is 136 Å². The number of hydrogen-bond donors (Lipinski definition) is 0. The van der Waals surface area contributed by atoms with Crippen molar-refractivity contribution in [2.75, 3.05) is 0 Å². The molecular weight excluding hydrogens is 472 g/mol. The average molecular weight is 535 g/mol. The van der Waals surface area contributed by atoms with E-state index in [9.17, 15) is 9.59 Å². The molecule has 4 aliphatic carbocycles. The van der Waals surface area contributed by atoms with E-state index in [1.807, 2.05) is 13.8 Å². The zero-order chi connectivity index (χ0) is 27.7. The van der Waals surface area contributed by atoms with Gasteiger partial charge in [-0.2, -0.15) is 0 Å². The highest BCUT2D eigenvalue weighted by atomic mass is 16.5. The van der Waals surface area contributed by atoms with E-state index in [-0.39, 0.29) is 46.7 Å². The normalized spacial score (nSPS) is 37.2. The lowest BCUT2D eigenvalue weighted by Crippen LogP contribution is -2.51. The largest absolute Gasteiger partial charge is 0.463 e. The lowest BCUT2D eigenvalue weighted by molar-refractivity contribution is -0.156. The van der Waals surface area contributed by atoms with Gasteiger partial charge in [-0.15, -0.1) is 0 Å². The molecule has 0 amide bonds. The Bertz CT molecular complexity index is 889. The van der Waals surface area contributed by atoms with Crippen molar-refractivity contribution in [1.82, 2.24) is 0 Å². The zero-order valence-corrected chi connectivity index (χ0v) is 25.5. The third-order valence-electron chi connectivity index (χ3n) is 11.5. The monoisotopic (exact) mass is 534 g/mol. The summed E-state index contributed by atoms with van der Waals surface area (Å²) in [6.07, 6.45) is 16.5. The van der Waals surface area contributed by atoms with Crippen molar-refractivity contribution < 1.29 is 23.3 Å². The molecule has 3 saturated carbocycles. The van der Waals surface area contributed by atoms with Gasteiger partial charge in [0.1, 0.15) is 6.10 Å². The summed E-state index contributed by atoms with van der Waals surface area (Å²) in [7, 11) is 0. The van der Waals surface area contributed by atoms with E-state index >= 15 is 0 Å². The van der Waals surface area contributed by atoms with E-state index < -0.39 is 0 Å². The van der Waals surface area contributed by atoms with Crippen molar-refractivity contribution in [1.29, 1.82) is 0 Å². The predicted octanol–water partition coefficient (Wildman–Crippen LogP) is 9.41. The molecule has 0 heterocycles. The van der Waals surface area contributed by atoms with Gasteiger partial charge in [0, 0.05) is 10.7 Å². The minimum Gasteiger partial charge on any atom is -0.463 e. The molecule has 0 aliphatic heterocycles. The molecule has 4 aliphatic rings. The molecule has 0 aromatic heterocycles. The summed E-state index contributed by atoms with van der Waals surface area (Å²) in [6, 6.07) is 0.